The summed E-state index contributed by atoms with van der Waals surface area (Å²) in [5.74, 6) is -0.338. The molecule has 0 atom stereocenters. The first kappa shape index (κ1) is 20.6. The Bertz CT molecular complexity index is 997. The minimum atomic E-state index is -0.365. The van der Waals surface area contributed by atoms with Crippen LogP contribution in [0.15, 0.2) is 52.9 Å². The number of carbonyl (C=O) groups is 2. The van der Waals surface area contributed by atoms with E-state index in [1.807, 2.05) is 18.2 Å². The number of halogens is 2. The highest BCUT2D eigenvalue weighted by atomic mass is 35.5. The van der Waals surface area contributed by atoms with Gasteiger partial charge in [-0.1, -0.05) is 76.6 Å². The third-order valence-electron chi connectivity index (χ3n) is 3.51. The summed E-state index contributed by atoms with van der Waals surface area (Å²) >= 11 is 14.5. The summed E-state index contributed by atoms with van der Waals surface area (Å²) in [5, 5.41) is 14.7. The zero-order valence-electron chi connectivity index (χ0n) is 14.3. The van der Waals surface area contributed by atoms with E-state index in [1.54, 1.807) is 30.3 Å². The Morgan fingerprint density at radius 3 is 2.46 bits per heavy atom. The largest absolute Gasteiger partial charge is 0.351 e. The Kier molecular flexibility index (Phi) is 7.27. The molecule has 2 aromatic carbocycles. The molecule has 0 saturated heterocycles. The van der Waals surface area contributed by atoms with Gasteiger partial charge < -0.3 is 5.32 Å². The normalized spacial score (nSPS) is 10.5. The second kappa shape index (κ2) is 9.88. The highest BCUT2D eigenvalue weighted by Gasteiger charge is 2.14. The van der Waals surface area contributed by atoms with Gasteiger partial charge in [-0.15, -0.1) is 10.2 Å². The maximum atomic E-state index is 12.2. The van der Waals surface area contributed by atoms with Gasteiger partial charge in [0.2, 0.25) is 11.0 Å². The Hall–Kier alpha value is -2.13. The minimum Gasteiger partial charge on any atom is -0.351 e. The number of carbonyl (C=O) groups excluding carboxylic acids is 2. The molecule has 2 amide bonds. The molecule has 0 spiro atoms. The molecule has 1 heterocycles. The number of hydrogen-bond donors (Lipinski definition) is 2. The molecule has 6 nitrogen and oxygen atoms in total. The van der Waals surface area contributed by atoms with Gasteiger partial charge in [0.25, 0.3) is 5.91 Å². The lowest BCUT2D eigenvalue weighted by molar-refractivity contribution is -0.118. The fourth-order valence-corrected chi connectivity index (χ4v) is 4.14. The van der Waals surface area contributed by atoms with Crippen LogP contribution >= 0.6 is 46.3 Å². The van der Waals surface area contributed by atoms with Gasteiger partial charge in [0.15, 0.2) is 4.34 Å². The van der Waals surface area contributed by atoms with E-state index in [9.17, 15) is 9.59 Å². The summed E-state index contributed by atoms with van der Waals surface area (Å²) in [7, 11) is 0. The Labute approximate surface area is 179 Å². The third-order valence-corrected chi connectivity index (χ3v) is 6.18. The SMILES string of the molecule is O=C(CSc1nnc(NC(=O)c2ccccc2Cl)s1)NCc1ccccc1Cl. The number of thioether (sulfide) groups is 1. The Morgan fingerprint density at radius 2 is 1.71 bits per heavy atom. The molecular weight excluding hydrogens is 439 g/mol. The van der Waals surface area contributed by atoms with Gasteiger partial charge in [-0.25, -0.2) is 0 Å². The van der Waals surface area contributed by atoms with Gasteiger partial charge >= 0.3 is 0 Å². The molecule has 0 saturated carbocycles. The monoisotopic (exact) mass is 452 g/mol. The van der Waals surface area contributed by atoms with E-state index in [4.69, 9.17) is 23.2 Å². The summed E-state index contributed by atoms with van der Waals surface area (Å²) in [6, 6.07) is 14.1. The smallest absolute Gasteiger partial charge is 0.259 e. The third kappa shape index (κ3) is 5.68. The number of amides is 2. The molecule has 1 aromatic heterocycles. The lowest BCUT2D eigenvalue weighted by Gasteiger charge is -2.05. The molecular formula is C18H14Cl2N4O2S2. The lowest BCUT2D eigenvalue weighted by atomic mass is 10.2. The van der Waals surface area contributed by atoms with Crippen molar-refractivity contribution in [1.29, 1.82) is 0 Å². The molecule has 0 bridgehead atoms. The van der Waals surface area contributed by atoms with Gasteiger partial charge in [-0.2, -0.15) is 0 Å². The van der Waals surface area contributed by atoms with Crippen LogP contribution in [0.4, 0.5) is 5.13 Å². The first-order valence-corrected chi connectivity index (χ1v) is 10.6. The summed E-state index contributed by atoms with van der Waals surface area (Å²) in [5.41, 5.74) is 1.20. The molecule has 0 aliphatic heterocycles. The summed E-state index contributed by atoms with van der Waals surface area (Å²) < 4.78 is 0.572. The first-order valence-electron chi connectivity index (χ1n) is 8.05. The topological polar surface area (TPSA) is 84.0 Å². The molecule has 3 aromatic rings. The van der Waals surface area contributed by atoms with E-state index in [0.29, 0.717) is 31.6 Å². The predicted octanol–water partition coefficient (Wildman–Crippen LogP) is 4.51. The Morgan fingerprint density at radius 1 is 1.00 bits per heavy atom. The van der Waals surface area contributed by atoms with E-state index < -0.39 is 0 Å². The first-order chi connectivity index (χ1) is 13.5. The van der Waals surface area contributed by atoms with Gasteiger partial charge in [0.1, 0.15) is 0 Å². The van der Waals surface area contributed by atoms with Crippen LogP contribution in [-0.2, 0) is 11.3 Å². The quantitative estimate of drug-likeness (QED) is 0.407. The molecule has 10 heteroatoms. The van der Waals surface area contributed by atoms with Crippen LogP contribution in [0.25, 0.3) is 0 Å². The van der Waals surface area contributed by atoms with Gasteiger partial charge in [0.05, 0.1) is 16.3 Å². The predicted molar refractivity (Wildman–Crippen MR) is 113 cm³/mol. The van der Waals surface area contributed by atoms with E-state index in [0.717, 1.165) is 5.56 Å². The van der Waals surface area contributed by atoms with Crippen LogP contribution in [0.1, 0.15) is 15.9 Å². The van der Waals surface area contributed by atoms with Gasteiger partial charge in [0, 0.05) is 11.6 Å². The molecule has 0 fully saturated rings. The van der Waals surface area contributed by atoms with Crippen molar-refractivity contribution in [3.8, 4) is 0 Å². The molecule has 2 N–H and O–H groups in total. The lowest BCUT2D eigenvalue weighted by Crippen LogP contribution is -2.24. The zero-order chi connectivity index (χ0) is 19.9. The number of rotatable bonds is 7. The van der Waals surface area contributed by atoms with Crippen LogP contribution in [-0.4, -0.2) is 27.8 Å². The van der Waals surface area contributed by atoms with Gasteiger partial charge in [-0.3, -0.25) is 14.9 Å². The molecule has 28 heavy (non-hydrogen) atoms. The standard InChI is InChI=1S/C18H14Cl2N4O2S2/c19-13-7-3-1-5-11(13)9-21-15(25)10-27-18-24-23-17(28-18)22-16(26)12-6-2-4-8-14(12)20/h1-8H,9-10H2,(H,21,25)(H,22,23,26). The van der Waals surface area contributed by atoms with Crippen molar-refractivity contribution in [3.05, 3.63) is 69.7 Å². The van der Waals surface area contributed by atoms with Crippen LogP contribution in [0.2, 0.25) is 10.0 Å². The van der Waals surface area contributed by atoms with Crippen LogP contribution < -0.4 is 10.6 Å². The highest BCUT2D eigenvalue weighted by Crippen LogP contribution is 2.26. The van der Waals surface area contributed by atoms with Crippen molar-refractivity contribution < 1.29 is 9.59 Å². The van der Waals surface area contributed by atoms with Crippen molar-refractivity contribution >= 4 is 63.2 Å². The van der Waals surface area contributed by atoms with Crippen molar-refractivity contribution in [3.63, 3.8) is 0 Å². The van der Waals surface area contributed by atoms with E-state index >= 15 is 0 Å². The molecule has 144 valence electrons. The minimum absolute atomic E-state index is 0.151. The van der Waals surface area contributed by atoms with Crippen LogP contribution in [0, 0.1) is 0 Å². The number of nitrogens with zero attached hydrogens (tertiary/aromatic N) is 2. The average Bonchev–Trinajstić information content (AvgIpc) is 3.13. The van der Waals surface area contributed by atoms with Crippen molar-refractivity contribution in [2.45, 2.75) is 10.9 Å². The molecule has 0 unspecified atom stereocenters. The van der Waals surface area contributed by atoms with Crippen molar-refractivity contribution in [2.75, 3.05) is 11.1 Å². The maximum absolute atomic E-state index is 12.2. The number of hydrogen-bond acceptors (Lipinski definition) is 6. The Balaban J connectivity index is 1.48. The molecule has 0 aliphatic rings. The number of aromatic nitrogens is 2. The van der Waals surface area contributed by atoms with Crippen molar-refractivity contribution in [1.82, 2.24) is 15.5 Å². The average molecular weight is 453 g/mol. The molecule has 3 rings (SSSR count). The summed E-state index contributed by atoms with van der Waals surface area (Å²) in [6.45, 7) is 0.355. The number of anilines is 1. The summed E-state index contributed by atoms with van der Waals surface area (Å²) in [4.78, 5) is 24.2. The van der Waals surface area contributed by atoms with Crippen LogP contribution in [0.5, 0.6) is 0 Å². The van der Waals surface area contributed by atoms with E-state index in [2.05, 4.69) is 20.8 Å². The number of benzene rings is 2. The molecule has 0 radical (unpaired) electrons. The fourth-order valence-electron chi connectivity index (χ4n) is 2.14. The maximum Gasteiger partial charge on any atom is 0.259 e. The van der Waals surface area contributed by atoms with Crippen molar-refractivity contribution in [2.24, 2.45) is 0 Å². The zero-order valence-corrected chi connectivity index (χ0v) is 17.5. The van der Waals surface area contributed by atoms with Crippen LogP contribution in [0.3, 0.4) is 0 Å². The highest BCUT2D eigenvalue weighted by molar-refractivity contribution is 8.01. The molecule has 0 aliphatic carbocycles. The fraction of sp³-hybridized carbons (Fsp3) is 0.111. The second-order valence-corrected chi connectivity index (χ2v) is 8.48. The van der Waals surface area contributed by atoms with E-state index in [-0.39, 0.29) is 17.6 Å². The second-order valence-electron chi connectivity index (χ2n) is 5.46. The number of nitrogens with one attached hydrogen (secondary N) is 2. The van der Waals surface area contributed by atoms with Gasteiger partial charge in [-0.05, 0) is 23.8 Å². The van der Waals surface area contributed by atoms with E-state index in [1.165, 1.54) is 23.1 Å². The summed E-state index contributed by atoms with van der Waals surface area (Å²) in [6.07, 6.45) is 0.